The Morgan fingerprint density at radius 3 is 2.32 bits per heavy atom. The third kappa shape index (κ3) is 5.33. The van der Waals surface area contributed by atoms with Gasteiger partial charge in [0.2, 0.25) is 0 Å². The number of aliphatic imine (C=N–C) groups is 1. The van der Waals surface area contributed by atoms with Crippen LogP contribution in [0.2, 0.25) is 5.02 Å². The van der Waals surface area contributed by atoms with Gasteiger partial charge in [-0.05, 0) is 48.2 Å². The van der Waals surface area contributed by atoms with E-state index in [-0.39, 0.29) is 0 Å². The fraction of sp³-hybridized carbons (Fsp3) is 0.125. The van der Waals surface area contributed by atoms with Gasteiger partial charge in [0, 0.05) is 19.1 Å². The zero-order valence-corrected chi connectivity index (χ0v) is 14.6. The molecule has 0 saturated heterocycles. The zero-order chi connectivity index (χ0) is 15.9. The summed E-state index contributed by atoms with van der Waals surface area (Å²) in [6, 6.07) is 16.7. The van der Waals surface area contributed by atoms with Crippen LogP contribution < -0.4 is 4.74 Å². The lowest BCUT2D eigenvalue weighted by molar-refractivity contribution is 0.567. The minimum absolute atomic E-state index is 0.465. The van der Waals surface area contributed by atoms with Gasteiger partial charge < -0.3 is 9.64 Å². The number of benzene rings is 2. The SMILES string of the molecule is CN(C)C(=S)SC(=Nc1ccc(Cl)cc1)Oc1ccccc1. The minimum atomic E-state index is 0.465. The molecule has 0 spiro atoms. The van der Waals surface area contributed by atoms with Gasteiger partial charge in [-0.1, -0.05) is 42.0 Å². The van der Waals surface area contributed by atoms with Crippen LogP contribution in [0.5, 0.6) is 5.75 Å². The molecule has 0 aliphatic carbocycles. The highest BCUT2D eigenvalue weighted by Gasteiger charge is 2.10. The summed E-state index contributed by atoms with van der Waals surface area (Å²) < 4.78 is 6.51. The lowest BCUT2D eigenvalue weighted by Crippen LogP contribution is -2.19. The normalized spacial score (nSPS) is 11.1. The highest BCUT2D eigenvalue weighted by atomic mass is 35.5. The van der Waals surface area contributed by atoms with E-state index in [0.29, 0.717) is 20.3 Å². The molecular formula is C16H15ClN2OS2. The molecule has 0 aliphatic heterocycles. The molecule has 2 rings (SSSR count). The van der Waals surface area contributed by atoms with Crippen LogP contribution in [0, 0.1) is 0 Å². The molecular weight excluding hydrogens is 336 g/mol. The quantitative estimate of drug-likeness (QED) is 0.433. The first kappa shape index (κ1) is 16.8. The predicted molar refractivity (Wildman–Crippen MR) is 99.5 cm³/mol. The predicted octanol–water partition coefficient (Wildman–Crippen LogP) is 4.99. The average Bonchev–Trinajstić information content (AvgIpc) is 2.50. The summed E-state index contributed by atoms with van der Waals surface area (Å²) in [7, 11) is 3.77. The molecule has 0 amide bonds. The second-order valence-electron chi connectivity index (χ2n) is 4.53. The number of nitrogens with zero attached hydrogens (tertiary/aromatic N) is 2. The van der Waals surface area contributed by atoms with E-state index in [9.17, 15) is 0 Å². The third-order valence-electron chi connectivity index (χ3n) is 2.54. The first-order valence-electron chi connectivity index (χ1n) is 6.51. The van der Waals surface area contributed by atoms with E-state index in [1.54, 1.807) is 12.1 Å². The third-order valence-corrected chi connectivity index (χ3v) is 4.29. The van der Waals surface area contributed by atoms with Crippen LogP contribution in [0.3, 0.4) is 0 Å². The van der Waals surface area contributed by atoms with Crippen molar-refractivity contribution in [1.82, 2.24) is 4.90 Å². The molecule has 0 aromatic heterocycles. The molecule has 0 heterocycles. The molecule has 6 heteroatoms. The van der Waals surface area contributed by atoms with Gasteiger partial charge in [-0.3, -0.25) is 0 Å². The van der Waals surface area contributed by atoms with Crippen molar-refractivity contribution >= 4 is 50.8 Å². The Morgan fingerprint density at radius 1 is 1.09 bits per heavy atom. The summed E-state index contributed by atoms with van der Waals surface area (Å²) in [5.41, 5.74) is 0.754. The molecule has 0 atom stereocenters. The molecule has 0 fully saturated rings. The van der Waals surface area contributed by atoms with Crippen LogP contribution in [0.4, 0.5) is 5.69 Å². The summed E-state index contributed by atoms with van der Waals surface area (Å²) in [5.74, 6) is 0.712. The van der Waals surface area contributed by atoms with Crippen LogP contribution in [-0.4, -0.2) is 28.5 Å². The van der Waals surface area contributed by atoms with E-state index in [0.717, 1.165) is 5.69 Å². The second kappa shape index (κ2) is 8.17. The molecule has 2 aromatic carbocycles. The van der Waals surface area contributed by atoms with Gasteiger partial charge in [0.25, 0.3) is 5.23 Å². The maximum Gasteiger partial charge on any atom is 0.263 e. The van der Waals surface area contributed by atoms with Crippen molar-refractivity contribution < 1.29 is 4.74 Å². The monoisotopic (exact) mass is 350 g/mol. The molecule has 0 unspecified atom stereocenters. The summed E-state index contributed by atoms with van der Waals surface area (Å²) >= 11 is 12.5. The number of thioether (sulfide) groups is 1. The van der Waals surface area contributed by atoms with Crippen LogP contribution in [0.1, 0.15) is 0 Å². The highest BCUT2D eigenvalue weighted by molar-refractivity contribution is 8.32. The fourth-order valence-corrected chi connectivity index (χ4v) is 2.40. The Balaban J connectivity index is 2.24. The summed E-state index contributed by atoms with van der Waals surface area (Å²) in [5, 5.41) is 1.13. The maximum absolute atomic E-state index is 5.89. The van der Waals surface area contributed by atoms with Gasteiger partial charge in [-0.15, -0.1) is 0 Å². The van der Waals surface area contributed by atoms with Crippen LogP contribution in [0.25, 0.3) is 0 Å². The lowest BCUT2D eigenvalue weighted by Gasteiger charge is -2.14. The molecule has 0 bridgehead atoms. The van der Waals surface area contributed by atoms with Crippen molar-refractivity contribution in [3.63, 3.8) is 0 Å². The van der Waals surface area contributed by atoms with E-state index < -0.39 is 0 Å². The Bertz CT molecular complexity index is 658. The summed E-state index contributed by atoms with van der Waals surface area (Å²) in [6.45, 7) is 0. The van der Waals surface area contributed by atoms with E-state index in [1.807, 2.05) is 61.5 Å². The molecule has 0 saturated carbocycles. The topological polar surface area (TPSA) is 24.8 Å². The van der Waals surface area contributed by atoms with E-state index in [4.69, 9.17) is 28.6 Å². The van der Waals surface area contributed by atoms with E-state index in [1.165, 1.54) is 11.8 Å². The Morgan fingerprint density at radius 2 is 1.73 bits per heavy atom. The van der Waals surface area contributed by atoms with E-state index >= 15 is 0 Å². The molecule has 114 valence electrons. The van der Waals surface area contributed by atoms with Crippen molar-refractivity contribution in [3.8, 4) is 5.75 Å². The van der Waals surface area contributed by atoms with Crippen LogP contribution in [0.15, 0.2) is 59.6 Å². The van der Waals surface area contributed by atoms with Crippen molar-refractivity contribution in [2.75, 3.05) is 14.1 Å². The Labute approximate surface area is 145 Å². The zero-order valence-electron chi connectivity index (χ0n) is 12.2. The molecule has 0 aliphatic rings. The molecule has 0 N–H and O–H groups in total. The minimum Gasteiger partial charge on any atom is -0.433 e. The van der Waals surface area contributed by atoms with Gasteiger partial charge in [0.05, 0.1) is 5.69 Å². The molecule has 22 heavy (non-hydrogen) atoms. The number of ether oxygens (including phenoxy) is 1. The molecule has 0 radical (unpaired) electrons. The van der Waals surface area contributed by atoms with Crippen molar-refractivity contribution in [2.45, 2.75) is 0 Å². The number of hydrogen-bond donors (Lipinski definition) is 0. The standard InChI is InChI=1S/C16H15ClN2OS2/c1-19(2)16(21)22-15(20-14-6-4-3-5-7-14)18-13-10-8-12(17)9-11-13/h3-11H,1-2H3. The van der Waals surface area contributed by atoms with Crippen LogP contribution >= 0.6 is 35.6 Å². The number of halogens is 1. The maximum atomic E-state index is 5.89. The average molecular weight is 351 g/mol. The fourth-order valence-electron chi connectivity index (χ4n) is 1.44. The van der Waals surface area contributed by atoms with Crippen LogP contribution in [-0.2, 0) is 0 Å². The summed E-state index contributed by atoms with van der Waals surface area (Å²) in [4.78, 5) is 6.34. The first-order chi connectivity index (χ1) is 10.5. The van der Waals surface area contributed by atoms with Gasteiger partial charge in [0.15, 0.2) is 0 Å². The molecule has 3 nitrogen and oxygen atoms in total. The highest BCUT2D eigenvalue weighted by Crippen LogP contribution is 2.22. The van der Waals surface area contributed by atoms with Gasteiger partial charge in [-0.25, -0.2) is 4.99 Å². The van der Waals surface area contributed by atoms with Gasteiger partial charge in [0.1, 0.15) is 10.1 Å². The first-order valence-corrected chi connectivity index (χ1v) is 8.11. The largest absolute Gasteiger partial charge is 0.433 e. The van der Waals surface area contributed by atoms with Crippen molar-refractivity contribution in [2.24, 2.45) is 4.99 Å². The van der Waals surface area contributed by atoms with Crippen molar-refractivity contribution in [3.05, 3.63) is 59.6 Å². The Kier molecular flexibility index (Phi) is 6.24. The lowest BCUT2D eigenvalue weighted by atomic mass is 10.3. The smallest absolute Gasteiger partial charge is 0.263 e. The number of thiocarbonyl (C=S) groups is 1. The van der Waals surface area contributed by atoms with Crippen molar-refractivity contribution in [1.29, 1.82) is 0 Å². The number of para-hydroxylation sites is 1. The van der Waals surface area contributed by atoms with E-state index in [2.05, 4.69) is 4.99 Å². The Hall–Kier alpha value is -1.56. The number of rotatable bonds is 2. The molecule has 2 aromatic rings. The van der Waals surface area contributed by atoms with Gasteiger partial charge >= 0.3 is 0 Å². The number of hydrogen-bond acceptors (Lipinski definition) is 4. The summed E-state index contributed by atoms with van der Waals surface area (Å²) in [6.07, 6.45) is 0. The second-order valence-corrected chi connectivity index (χ2v) is 6.55. The van der Waals surface area contributed by atoms with Gasteiger partial charge in [-0.2, -0.15) is 0 Å².